The number of nitrogens with zero attached hydrogens (tertiary/aromatic N) is 1. The van der Waals surface area contributed by atoms with E-state index in [1.165, 1.54) is 5.56 Å². The van der Waals surface area contributed by atoms with Gasteiger partial charge in [-0.15, -0.1) is 0 Å². The number of nitrogens with one attached hydrogen (secondary N) is 2. The number of allylic oxidation sites excluding steroid dienone is 1. The van der Waals surface area contributed by atoms with Crippen LogP contribution in [0.4, 0.5) is 0 Å². The molecule has 0 saturated carbocycles. The quantitative estimate of drug-likeness (QED) is 0.653. The monoisotopic (exact) mass is 371 g/mol. The minimum atomic E-state index is -0.127. The Morgan fingerprint density at radius 1 is 1.00 bits per heavy atom. The number of benzene rings is 2. The van der Waals surface area contributed by atoms with Crippen molar-refractivity contribution in [2.75, 3.05) is 0 Å². The summed E-state index contributed by atoms with van der Waals surface area (Å²) in [6, 6.07) is 20.4. The lowest BCUT2D eigenvalue weighted by molar-refractivity contribution is 0.0942. The normalized spacial score (nSPS) is 13.3. The van der Waals surface area contributed by atoms with Gasteiger partial charge in [-0.1, -0.05) is 48.5 Å². The molecule has 4 nitrogen and oxygen atoms in total. The SMILES string of the molecule is Cc1cc(C(=O)NNC2=CCCCc3ccccc32)c(C)n1-c1ccccc1. The van der Waals surface area contributed by atoms with Gasteiger partial charge in [0.15, 0.2) is 0 Å². The van der Waals surface area contributed by atoms with E-state index < -0.39 is 0 Å². The standard InChI is InChI=1S/C24H25N3O/c1-17-16-22(18(2)27(17)20-12-4-3-5-13-20)24(28)26-25-23-15-9-7-11-19-10-6-8-14-21(19)23/h3-6,8,10,12-16,25H,7,9,11H2,1-2H3,(H,26,28). The summed E-state index contributed by atoms with van der Waals surface area (Å²) < 4.78 is 2.11. The van der Waals surface area contributed by atoms with Crippen molar-refractivity contribution in [3.8, 4) is 5.69 Å². The summed E-state index contributed by atoms with van der Waals surface area (Å²) >= 11 is 0. The molecule has 28 heavy (non-hydrogen) atoms. The summed E-state index contributed by atoms with van der Waals surface area (Å²) in [5.74, 6) is -0.127. The van der Waals surface area contributed by atoms with Crippen LogP contribution in [0, 0.1) is 13.8 Å². The van der Waals surface area contributed by atoms with Gasteiger partial charge in [-0.05, 0) is 56.9 Å². The highest BCUT2D eigenvalue weighted by Crippen LogP contribution is 2.24. The van der Waals surface area contributed by atoms with Gasteiger partial charge < -0.3 is 4.57 Å². The van der Waals surface area contributed by atoms with Crippen molar-refractivity contribution in [1.82, 2.24) is 15.4 Å². The Labute approximate surface area is 165 Å². The number of carbonyl (C=O) groups excluding carboxylic acids is 1. The maximum atomic E-state index is 12.9. The molecule has 1 aliphatic rings. The summed E-state index contributed by atoms with van der Waals surface area (Å²) in [5, 5.41) is 0. The molecule has 3 aromatic rings. The molecule has 4 heteroatoms. The first-order valence-electron chi connectivity index (χ1n) is 9.74. The molecule has 0 atom stereocenters. The van der Waals surface area contributed by atoms with Gasteiger partial charge in [0, 0.05) is 22.6 Å². The van der Waals surface area contributed by atoms with Gasteiger partial charge in [0.05, 0.1) is 11.3 Å². The van der Waals surface area contributed by atoms with Crippen molar-refractivity contribution in [3.05, 3.63) is 94.8 Å². The Balaban J connectivity index is 1.55. The van der Waals surface area contributed by atoms with Crippen molar-refractivity contribution < 1.29 is 4.79 Å². The third kappa shape index (κ3) is 3.46. The molecule has 2 N–H and O–H groups in total. The van der Waals surface area contributed by atoms with E-state index in [9.17, 15) is 4.79 Å². The first kappa shape index (κ1) is 18.1. The lowest BCUT2D eigenvalue weighted by atomic mass is 10.0. The lowest BCUT2D eigenvalue weighted by Gasteiger charge is -2.14. The Kier molecular flexibility index (Phi) is 5.02. The van der Waals surface area contributed by atoms with Crippen molar-refractivity contribution in [2.45, 2.75) is 33.1 Å². The smallest absolute Gasteiger partial charge is 0.271 e. The zero-order chi connectivity index (χ0) is 19.5. The summed E-state index contributed by atoms with van der Waals surface area (Å²) in [7, 11) is 0. The fraction of sp³-hybridized carbons (Fsp3) is 0.208. The molecule has 0 aliphatic heterocycles. The van der Waals surface area contributed by atoms with Crippen LogP contribution in [0.3, 0.4) is 0 Å². The van der Waals surface area contributed by atoms with Crippen molar-refractivity contribution in [3.63, 3.8) is 0 Å². The van der Waals surface area contributed by atoms with E-state index in [0.717, 1.165) is 47.6 Å². The van der Waals surface area contributed by atoms with E-state index in [0.29, 0.717) is 5.56 Å². The first-order chi connectivity index (χ1) is 13.6. The molecular weight excluding hydrogens is 346 g/mol. The molecule has 0 bridgehead atoms. The number of fused-ring (bicyclic) bond motifs is 1. The van der Waals surface area contributed by atoms with Crippen LogP contribution >= 0.6 is 0 Å². The van der Waals surface area contributed by atoms with Gasteiger partial charge in [-0.25, -0.2) is 0 Å². The molecule has 1 heterocycles. The van der Waals surface area contributed by atoms with Crippen LogP contribution in [0.15, 0.2) is 66.7 Å². The Bertz CT molecular complexity index is 1030. The molecule has 0 fully saturated rings. The fourth-order valence-corrected chi connectivity index (χ4v) is 3.93. The average molecular weight is 371 g/mol. The van der Waals surface area contributed by atoms with Crippen LogP contribution in [0.1, 0.15) is 45.7 Å². The zero-order valence-electron chi connectivity index (χ0n) is 16.3. The van der Waals surface area contributed by atoms with Gasteiger partial charge in [-0.2, -0.15) is 0 Å². The van der Waals surface area contributed by atoms with E-state index >= 15 is 0 Å². The second kappa shape index (κ2) is 7.77. The fourth-order valence-electron chi connectivity index (χ4n) is 3.93. The zero-order valence-corrected chi connectivity index (χ0v) is 16.3. The van der Waals surface area contributed by atoms with Crippen molar-refractivity contribution >= 4 is 11.6 Å². The van der Waals surface area contributed by atoms with Crippen LogP contribution in [-0.4, -0.2) is 10.5 Å². The van der Waals surface area contributed by atoms with Crippen LogP contribution in [0.25, 0.3) is 11.4 Å². The number of aryl methyl sites for hydroxylation is 2. The van der Waals surface area contributed by atoms with Gasteiger partial charge >= 0.3 is 0 Å². The average Bonchev–Trinajstić information content (AvgIpc) is 2.89. The van der Waals surface area contributed by atoms with Gasteiger partial charge in [-0.3, -0.25) is 15.6 Å². The molecule has 0 spiro atoms. The van der Waals surface area contributed by atoms with Crippen LogP contribution in [0.5, 0.6) is 0 Å². The Morgan fingerprint density at radius 2 is 1.75 bits per heavy atom. The number of hydrogen-bond donors (Lipinski definition) is 2. The maximum Gasteiger partial charge on any atom is 0.271 e. The predicted octanol–water partition coefficient (Wildman–Crippen LogP) is 4.71. The summed E-state index contributed by atoms with van der Waals surface area (Å²) in [4.78, 5) is 12.9. The number of hydrazine groups is 1. The second-order valence-electron chi connectivity index (χ2n) is 7.20. The van der Waals surface area contributed by atoms with E-state index in [4.69, 9.17) is 0 Å². The molecule has 0 saturated heterocycles. The largest absolute Gasteiger partial charge is 0.318 e. The molecule has 1 aromatic heterocycles. The van der Waals surface area contributed by atoms with Gasteiger partial charge in [0.25, 0.3) is 5.91 Å². The minimum absolute atomic E-state index is 0.127. The molecule has 2 aromatic carbocycles. The van der Waals surface area contributed by atoms with E-state index in [-0.39, 0.29) is 5.91 Å². The number of carbonyl (C=O) groups is 1. The van der Waals surface area contributed by atoms with E-state index in [1.54, 1.807) is 0 Å². The summed E-state index contributed by atoms with van der Waals surface area (Å²) in [6.45, 7) is 4.00. The first-order valence-corrected chi connectivity index (χ1v) is 9.74. The van der Waals surface area contributed by atoms with E-state index in [1.807, 2.05) is 56.3 Å². The maximum absolute atomic E-state index is 12.9. The van der Waals surface area contributed by atoms with Crippen LogP contribution in [-0.2, 0) is 6.42 Å². The van der Waals surface area contributed by atoms with Gasteiger partial charge in [0.2, 0.25) is 0 Å². The lowest BCUT2D eigenvalue weighted by Crippen LogP contribution is -2.36. The predicted molar refractivity (Wildman–Crippen MR) is 113 cm³/mol. The second-order valence-corrected chi connectivity index (χ2v) is 7.20. The minimum Gasteiger partial charge on any atom is -0.318 e. The molecular formula is C24H25N3O. The highest BCUT2D eigenvalue weighted by Gasteiger charge is 2.17. The topological polar surface area (TPSA) is 46.1 Å². The van der Waals surface area contributed by atoms with Crippen LogP contribution < -0.4 is 10.9 Å². The number of hydrogen-bond acceptors (Lipinski definition) is 2. The molecule has 1 aliphatic carbocycles. The number of rotatable bonds is 4. The number of para-hydroxylation sites is 1. The van der Waals surface area contributed by atoms with Crippen molar-refractivity contribution in [1.29, 1.82) is 0 Å². The van der Waals surface area contributed by atoms with E-state index in [2.05, 4.69) is 39.7 Å². The molecule has 4 rings (SSSR count). The highest BCUT2D eigenvalue weighted by atomic mass is 16.2. The Morgan fingerprint density at radius 3 is 2.57 bits per heavy atom. The number of aromatic nitrogens is 1. The third-order valence-electron chi connectivity index (χ3n) is 5.31. The molecule has 0 radical (unpaired) electrons. The summed E-state index contributed by atoms with van der Waals surface area (Å²) in [6.07, 6.45) is 5.34. The number of amides is 1. The summed E-state index contributed by atoms with van der Waals surface area (Å²) in [5.41, 5.74) is 13.2. The Hall–Kier alpha value is -3.27. The highest BCUT2D eigenvalue weighted by molar-refractivity contribution is 5.96. The third-order valence-corrected chi connectivity index (χ3v) is 5.31. The van der Waals surface area contributed by atoms with Crippen LogP contribution in [0.2, 0.25) is 0 Å². The molecule has 1 amide bonds. The van der Waals surface area contributed by atoms with Gasteiger partial charge in [0.1, 0.15) is 0 Å². The molecule has 142 valence electrons. The van der Waals surface area contributed by atoms with Crippen molar-refractivity contribution in [2.24, 2.45) is 0 Å². The molecule has 0 unspecified atom stereocenters.